The van der Waals surface area contributed by atoms with Crippen molar-refractivity contribution in [1.29, 1.82) is 0 Å². The van der Waals surface area contributed by atoms with Crippen LogP contribution in [0.3, 0.4) is 0 Å². The lowest BCUT2D eigenvalue weighted by Gasteiger charge is -2.49. The van der Waals surface area contributed by atoms with Crippen molar-refractivity contribution in [1.82, 2.24) is 15.2 Å². The smallest absolute Gasteiger partial charge is 0.0544 e. The van der Waals surface area contributed by atoms with Gasteiger partial charge in [-0.3, -0.25) is 9.88 Å². The topological polar surface area (TPSA) is 28.2 Å². The average molecular weight is 352 g/mol. The van der Waals surface area contributed by atoms with E-state index in [0.717, 1.165) is 17.6 Å². The van der Waals surface area contributed by atoms with Crippen LogP contribution in [0, 0.1) is 0 Å². The minimum absolute atomic E-state index is 0.374. The number of halogens is 1. The minimum Gasteiger partial charge on any atom is -0.308 e. The summed E-state index contributed by atoms with van der Waals surface area (Å²) < 4.78 is 1.06. The van der Waals surface area contributed by atoms with Gasteiger partial charge in [0.1, 0.15) is 0 Å². The maximum atomic E-state index is 4.57. The van der Waals surface area contributed by atoms with Crippen LogP contribution < -0.4 is 5.32 Å². The monoisotopic (exact) mass is 351 g/mol. The van der Waals surface area contributed by atoms with E-state index in [-0.39, 0.29) is 0 Å². The molecular formula is C17H26BrN3. The Balaban J connectivity index is 1.71. The minimum atomic E-state index is 0.374. The molecular weight excluding hydrogens is 326 g/mol. The van der Waals surface area contributed by atoms with Crippen molar-refractivity contribution in [3.8, 4) is 0 Å². The molecule has 4 heteroatoms. The molecule has 1 aromatic rings. The van der Waals surface area contributed by atoms with Crippen molar-refractivity contribution in [2.24, 2.45) is 0 Å². The fraction of sp³-hybridized carbons (Fsp3) is 0.706. The predicted octanol–water partition coefficient (Wildman–Crippen LogP) is 3.73. The van der Waals surface area contributed by atoms with Crippen LogP contribution in [0.1, 0.15) is 51.1 Å². The van der Waals surface area contributed by atoms with Gasteiger partial charge >= 0.3 is 0 Å². The first-order valence-corrected chi connectivity index (χ1v) is 9.10. The summed E-state index contributed by atoms with van der Waals surface area (Å²) in [4.78, 5) is 7.23. The van der Waals surface area contributed by atoms with Gasteiger partial charge in [-0.25, -0.2) is 0 Å². The molecule has 0 radical (unpaired) electrons. The standard InChI is InChI=1S/C17H26BrN3/c1-2-16-11-20-17(8-4-3-5-9-17)13-21(16)12-15-7-6-14(18)10-19-15/h6-7,10,16,20H,2-5,8-9,11-13H2,1H3. The van der Waals surface area contributed by atoms with E-state index in [4.69, 9.17) is 0 Å². The molecule has 0 amide bonds. The van der Waals surface area contributed by atoms with Gasteiger partial charge in [0.2, 0.25) is 0 Å². The Morgan fingerprint density at radius 3 is 2.81 bits per heavy atom. The van der Waals surface area contributed by atoms with Gasteiger partial charge < -0.3 is 5.32 Å². The third kappa shape index (κ3) is 3.66. The van der Waals surface area contributed by atoms with E-state index in [1.54, 1.807) is 0 Å². The van der Waals surface area contributed by atoms with Gasteiger partial charge in [-0.05, 0) is 47.3 Å². The maximum absolute atomic E-state index is 4.57. The summed E-state index contributed by atoms with van der Waals surface area (Å²) in [6, 6.07) is 4.89. The Kier molecular flexibility index (Phi) is 4.97. The highest BCUT2D eigenvalue weighted by atomic mass is 79.9. The molecule has 3 rings (SSSR count). The number of nitrogens with one attached hydrogen (secondary N) is 1. The summed E-state index contributed by atoms with van der Waals surface area (Å²) >= 11 is 3.47. The van der Waals surface area contributed by atoms with Gasteiger partial charge in [-0.1, -0.05) is 26.2 Å². The second-order valence-electron chi connectivity index (χ2n) is 6.66. The van der Waals surface area contributed by atoms with Crippen molar-refractivity contribution < 1.29 is 0 Å². The summed E-state index contributed by atoms with van der Waals surface area (Å²) in [5.74, 6) is 0. The van der Waals surface area contributed by atoms with E-state index >= 15 is 0 Å². The molecule has 21 heavy (non-hydrogen) atoms. The third-order valence-electron chi connectivity index (χ3n) is 5.17. The lowest BCUT2D eigenvalue weighted by atomic mass is 9.79. The number of rotatable bonds is 3. The molecule has 2 heterocycles. The molecule has 2 aliphatic rings. The van der Waals surface area contributed by atoms with Gasteiger partial charge in [0.15, 0.2) is 0 Å². The Morgan fingerprint density at radius 1 is 1.33 bits per heavy atom. The highest BCUT2D eigenvalue weighted by molar-refractivity contribution is 9.10. The van der Waals surface area contributed by atoms with Crippen LogP contribution in [0.5, 0.6) is 0 Å². The van der Waals surface area contributed by atoms with Gasteiger partial charge in [0, 0.05) is 41.9 Å². The number of nitrogens with zero attached hydrogens (tertiary/aromatic N) is 2. The Labute approximate surface area is 136 Å². The molecule has 0 bridgehead atoms. The molecule has 1 spiro atoms. The van der Waals surface area contributed by atoms with E-state index < -0.39 is 0 Å². The number of piperazine rings is 1. The molecule has 1 saturated carbocycles. The first kappa shape index (κ1) is 15.4. The molecule has 2 fully saturated rings. The van der Waals surface area contributed by atoms with Crippen LogP contribution in [0.15, 0.2) is 22.8 Å². The zero-order chi connectivity index (χ0) is 14.7. The third-order valence-corrected chi connectivity index (χ3v) is 5.64. The zero-order valence-electron chi connectivity index (χ0n) is 12.9. The van der Waals surface area contributed by atoms with Crippen molar-refractivity contribution in [2.75, 3.05) is 13.1 Å². The first-order valence-electron chi connectivity index (χ1n) is 8.30. The van der Waals surface area contributed by atoms with Crippen LogP contribution in [0.2, 0.25) is 0 Å². The van der Waals surface area contributed by atoms with Crippen LogP contribution in [-0.4, -0.2) is 34.6 Å². The average Bonchev–Trinajstić information content (AvgIpc) is 2.51. The normalized spacial score (nSPS) is 26.1. The van der Waals surface area contributed by atoms with Gasteiger partial charge in [-0.2, -0.15) is 0 Å². The Bertz CT molecular complexity index is 454. The van der Waals surface area contributed by atoms with Gasteiger partial charge in [0.05, 0.1) is 5.69 Å². The molecule has 3 nitrogen and oxygen atoms in total. The largest absolute Gasteiger partial charge is 0.308 e. The summed E-state index contributed by atoms with van der Waals surface area (Å²) in [7, 11) is 0. The summed E-state index contributed by atoms with van der Waals surface area (Å²) in [6.07, 6.45) is 9.98. The lowest BCUT2D eigenvalue weighted by molar-refractivity contribution is 0.0476. The fourth-order valence-corrected chi connectivity index (χ4v) is 4.13. The number of hydrogen-bond acceptors (Lipinski definition) is 3. The molecule has 1 N–H and O–H groups in total. The number of hydrogen-bond donors (Lipinski definition) is 1. The van der Waals surface area contributed by atoms with Crippen LogP contribution in [-0.2, 0) is 6.54 Å². The second kappa shape index (κ2) is 6.76. The van der Waals surface area contributed by atoms with E-state index in [9.17, 15) is 0 Å². The van der Waals surface area contributed by atoms with E-state index in [1.807, 2.05) is 6.20 Å². The van der Waals surface area contributed by atoms with Crippen LogP contribution in [0.4, 0.5) is 0 Å². The lowest BCUT2D eigenvalue weighted by Crippen LogP contribution is -2.64. The molecule has 1 atom stereocenters. The molecule has 1 unspecified atom stereocenters. The SMILES string of the molecule is CCC1CNC2(CCCCC2)CN1Cc1ccc(Br)cn1. The van der Waals surface area contributed by atoms with E-state index in [2.05, 4.69) is 50.2 Å². The Hall–Kier alpha value is -0.450. The maximum Gasteiger partial charge on any atom is 0.0544 e. The highest BCUT2D eigenvalue weighted by Gasteiger charge is 2.39. The Morgan fingerprint density at radius 2 is 2.14 bits per heavy atom. The van der Waals surface area contributed by atoms with Crippen LogP contribution >= 0.6 is 15.9 Å². The van der Waals surface area contributed by atoms with E-state index in [0.29, 0.717) is 11.6 Å². The first-order chi connectivity index (χ1) is 10.2. The van der Waals surface area contributed by atoms with Crippen LogP contribution in [0.25, 0.3) is 0 Å². The molecule has 1 aliphatic carbocycles. The number of pyridine rings is 1. The van der Waals surface area contributed by atoms with Crippen molar-refractivity contribution in [2.45, 2.75) is 63.6 Å². The van der Waals surface area contributed by atoms with Crippen molar-refractivity contribution in [3.63, 3.8) is 0 Å². The summed E-state index contributed by atoms with van der Waals surface area (Å²) in [6.45, 7) is 5.60. The van der Waals surface area contributed by atoms with Crippen molar-refractivity contribution >= 4 is 15.9 Å². The second-order valence-corrected chi connectivity index (χ2v) is 7.57. The summed E-state index contributed by atoms with van der Waals surface area (Å²) in [5.41, 5.74) is 1.56. The zero-order valence-corrected chi connectivity index (χ0v) is 14.5. The highest BCUT2D eigenvalue weighted by Crippen LogP contribution is 2.32. The number of aromatic nitrogens is 1. The molecule has 1 saturated heterocycles. The summed E-state index contributed by atoms with van der Waals surface area (Å²) in [5, 5.41) is 3.89. The molecule has 1 aliphatic heterocycles. The molecule has 116 valence electrons. The van der Waals surface area contributed by atoms with Gasteiger partial charge in [-0.15, -0.1) is 0 Å². The van der Waals surface area contributed by atoms with Crippen molar-refractivity contribution in [3.05, 3.63) is 28.5 Å². The molecule has 1 aromatic heterocycles. The predicted molar refractivity (Wildman–Crippen MR) is 90.2 cm³/mol. The quantitative estimate of drug-likeness (QED) is 0.899. The fourth-order valence-electron chi connectivity index (χ4n) is 3.90. The van der Waals surface area contributed by atoms with Gasteiger partial charge in [0.25, 0.3) is 0 Å². The molecule has 0 aromatic carbocycles. The van der Waals surface area contributed by atoms with E-state index in [1.165, 1.54) is 50.8 Å².